The van der Waals surface area contributed by atoms with Crippen LogP contribution in [0.5, 0.6) is 0 Å². The predicted molar refractivity (Wildman–Crippen MR) is 77.7 cm³/mol. The third-order valence-corrected chi connectivity index (χ3v) is 8.07. The molecule has 0 aliphatic heterocycles. The largest absolute Gasteiger partial charge is 0.317 e. The van der Waals surface area contributed by atoms with Crippen LogP contribution in [0.25, 0.3) is 0 Å². The van der Waals surface area contributed by atoms with Crippen molar-refractivity contribution in [3.05, 3.63) is 0 Å². The third kappa shape index (κ3) is 1.57. The normalized spacial score (nSPS) is 58.6. The number of hydrogen-bond acceptors (Lipinski definition) is 1. The summed E-state index contributed by atoms with van der Waals surface area (Å²) in [6.45, 7) is 0. The second kappa shape index (κ2) is 4.00. The molecular weight excluding hydrogens is 230 g/mol. The highest BCUT2D eigenvalue weighted by atomic mass is 14.9. The van der Waals surface area contributed by atoms with E-state index < -0.39 is 0 Å². The summed E-state index contributed by atoms with van der Waals surface area (Å²) in [6, 6.07) is 0.878. The number of fused-ring (bicyclic) bond motifs is 7. The number of nitrogens with one attached hydrogen (secondary N) is 1. The van der Waals surface area contributed by atoms with Gasteiger partial charge in [0.05, 0.1) is 0 Å². The molecule has 0 aromatic carbocycles. The molecule has 1 N–H and O–H groups in total. The molecule has 5 saturated carbocycles. The quantitative estimate of drug-likeness (QED) is 0.812. The average molecular weight is 259 g/mol. The molecule has 0 radical (unpaired) electrons. The maximum absolute atomic E-state index is 3.75. The van der Waals surface area contributed by atoms with Crippen LogP contribution < -0.4 is 5.32 Å². The monoisotopic (exact) mass is 259 g/mol. The van der Waals surface area contributed by atoms with Crippen molar-refractivity contribution in [2.24, 2.45) is 47.3 Å². The summed E-state index contributed by atoms with van der Waals surface area (Å²) in [7, 11) is 2.24. The van der Waals surface area contributed by atoms with Crippen molar-refractivity contribution < 1.29 is 0 Å². The van der Waals surface area contributed by atoms with Gasteiger partial charge in [0.2, 0.25) is 0 Å². The average Bonchev–Trinajstić information content (AvgIpc) is 2.93. The van der Waals surface area contributed by atoms with Crippen LogP contribution in [-0.2, 0) is 0 Å². The summed E-state index contributed by atoms with van der Waals surface area (Å²) >= 11 is 0. The van der Waals surface area contributed by atoms with E-state index in [0.29, 0.717) is 0 Å². The second-order valence-electron chi connectivity index (χ2n) is 8.63. The van der Waals surface area contributed by atoms with Crippen LogP contribution in [0.2, 0.25) is 0 Å². The van der Waals surface area contributed by atoms with Crippen LogP contribution in [-0.4, -0.2) is 13.1 Å². The third-order valence-electron chi connectivity index (χ3n) is 8.07. The molecule has 0 heterocycles. The van der Waals surface area contributed by atoms with E-state index in [1.54, 1.807) is 44.9 Å². The summed E-state index contributed by atoms with van der Waals surface area (Å²) in [5.74, 6) is 9.06. The van der Waals surface area contributed by atoms with Gasteiger partial charge in [-0.2, -0.15) is 0 Å². The fourth-order valence-corrected chi connectivity index (χ4v) is 7.39. The Morgan fingerprint density at radius 2 is 1.63 bits per heavy atom. The fourth-order valence-electron chi connectivity index (χ4n) is 7.39. The molecule has 1 heteroatoms. The zero-order valence-corrected chi connectivity index (χ0v) is 12.4. The van der Waals surface area contributed by atoms with Crippen molar-refractivity contribution >= 4 is 0 Å². The van der Waals surface area contributed by atoms with Gasteiger partial charge in [-0.3, -0.25) is 0 Å². The van der Waals surface area contributed by atoms with Gasteiger partial charge >= 0.3 is 0 Å². The zero-order valence-electron chi connectivity index (χ0n) is 12.4. The maximum Gasteiger partial charge on any atom is 0.0101 e. The first-order valence-electron chi connectivity index (χ1n) is 9.02. The van der Waals surface area contributed by atoms with E-state index in [2.05, 4.69) is 12.4 Å². The van der Waals surface area contributed by atoms with Gasteiger partial charge in [0.1, 0.15) is 0 Å². The smallest absolute Gasteiger partial charge is 0.0101 e. The first-order valence-corrected chi connectivity index (χ1v) is 9.02. The predicted octanol–water partition coefficient (Wildman–Crippen LogP) is 3.69. The van der Waals surface area contributed by atoms with Gasteiger partial charge in [-0.05, 0) is 99.3 Å². The van der Waals surface area contributed by atoms with E-state index >= 15 is 0 Å². The van der Waals surface area contributed by atoms with Gasteiger partial charge in [-0.15, -0.1) is 0 Å². The summed E-state index contributed by atoms with van der Waals surface area (Å²) < 4.78 is 0. The highest BCUT2D eigenvalue weighted by molar-refractivity contribution is 5.16. The van der Waals surface area contributed by atoms with E-state index in [-0.39, 0.29) is 0 Å². The molecule has 0 aromatic heterocycles. The van der Waals surface area contributed by atoms with Gasteiger partial charge in [0.15, 0.2) is 0 Å². The zero-order chi connectivity index (χ0) is 12.6. The molecule has 5 fully saturated rings. The van der Waals surface area contributed by atoms with Crippen LogP contribution in [0.1, 0.15) is 51.4 Å². The molecule has 4 bridgehead atoms. The Balaban J connectivity index is 1.27. The van der Waals surface area contributed by atoms with Crippen LogP contribution in [0.3, 0.4) is 0 Å². The van der Waals surface area contributed by atoms with Gasteiger partial charge in [-0.25, -0.2) is 0 Å². The Morgan fingerprint density at radius 3 is 2.21 bits per heavy atom. The minimum Gasteiger partial charge on any atom is -0.317 e. The molecule has 0 saturated heterocycles. The molecule has 19 heavy (non-hydrogen) atoms. The van der Waals surface area contributed by atoms with Gasteiger partial charge in [-0.1, -0.05) is 6.42 Å². The molecule has 1 nitrogen and oxygen atoms in total. The van der Waals surface area contributed by atoms with E-state index in [4.69, 9.17) is 0 Å². The first-order chi connectivity index (χ1) is 9.35. The minimum absolute atomic E-state index is 0.878. The van der Waals surface area contributed by atoms with E-state index in [0.717, 1.165) is 53.4 Å². The first kappa shape index (κ1) is 11.6. The lowest BCUT2D eigenvalue weighted by molar-refractivity contribution is 0.253. The lowest BCUT2D eigenvalue weighted by Gasteiger charge is -2.28. The summed E-state index contributed by atoms with van der Waals surface area (Å²) in [5.41, 5.74) is 0. The molecule has 8 unspecified atom stereocenters. The van der Waals surface area contributed by atoms with Crippen molar-refractivity contribution in [3.63, 3.8) is 0 Å². The highest BCUT2D eigenvalue weighted by Gasteiger charge is 2.66. The second-order valence-corrected chi connectivity index (χ2v) is 8.63. The van der Waals surface area contributed by atoms with Crippen molar-refractivity contribution in [1.29, 1.82) is 0 Å². The van der Waals surface area contributed by atoms with E-state index in [9.17, 15) is 0 Å². The molecule has 0 spiro atoms. The standard InChI is InChI=1S/C18H29N/c1-19-15(9-14-7-10-2-3-11(14)6-10)18-16-12-4-5-13(8-12)17(16)18/h10-19H,2-9H2,1H3. The van der Waals surface area contributed by atoms with Crippen molar-refractivity contribution in [1.82, 2.24) is 5.32 Å². The Hall–Kier alpha value is -0.0400. The topological polar surface area (TPSA) is 12.0 Å². The van der Waals surface area contributed by atoms with Crippen LogP contribution in [0.4, 0.5) is 0 Å². The lowest BCUT2D eigenvalue weighted by Crippen LogP contribution is -2.33. The summed E-state index contributed by atoms with van der Waals surface area (Å²) in [6.07, 6.45) is 12.6. The minimum atomic E-state index is 0.878. The molecule has 5 aliphatic carbocycles. The SMILES string of the molecule is CNC(CC1CC2CCC1C2)C1C2C3CCC(C3)C21. The molecule has 106 valence electrons. The molecular formula is C18H29N. The molecule has 0 aromatic rings. The van der Waals surface area contributed by atoms with Crippen LogP contribution in [0, 0.1) is 47.3 Å². The Kier molecular flexibility index (Phi) is 2.44. The van der Waals surface area contributed by atoms with Crippen molar-refractivity contribution in [2.45, 2.75) is 57.4 Å². The van der Waals surface area contributed by atoms with Crippen molar-refractivity contribution in [2.75, 3.05) is 7.05 Å². The summed E-state index contributed by atoms with van der Waals surface area (Å²) in [5, 5.41) is 3.75. The number of hydrogen-bond donors (Lipinski definition) is 1. The lowest BCUT2D eigenvalue weighted by atomic mass is 9.82. The molecule has 5 aliphatic rings. The molecule has 8 atom stereocenters. The van der Waals surface area contributed by atoms with Gasteiger partial charge in [0.25, 0.3) is 0 Å². The Morgan fingerprint density at radius 1 is 0.895 bits per heavy atom. The summed E-state index contributed by atoms with van der Waals surface area (Å²) in [4.78, 5) is 0. The molecule has 5 rings (SSSR count). The maximum atomic E-state index is 3.75. The Bertz CT molecular complexity index is 362. The van der Waals surface area contributed by atoms with Crippen LogP contribution >= 0.6 is 0 Å². The van der Waals surface area contributed by atoms with E-state index in [1.165, 1.54) is 6.42 Å². The van der Waals surface area contributed by atoms with Crippen molar-refractivity contribution in [3.8, 4) is 0 Å². The van der Waals surface area contributed by atoms with E-state index in [1.807, 2.05) is 0 Å². The van der Waals surface area contributed by atoms with Crippen LogP contribution in [0.15, 0.2) is 0 Å². The number of rotatable bonds is 4. The van der Waals surface area contributed by atoms with Gasteiger partial charge in [0, 0.05) is 6.04 Å². The fraction of sp³-hybridized carbons (Fsp3) is 1.00. The highest BCUT2D eigenvalue weighted by Crippen LogP contribution is 2.70. The molecule has 0 amide bonds. The van der Waals surface area contributed by atoms with Gasteiger partial charge < -0.3 is 5.32 Å². The Labute approximate surface area is 117 Å².